The van der Waals surface area contributed by atoms with Crippen LogP contribution in [0, 0.1) is 6.92 Å². The summed E-state index contributed by atoms with van der Waals surface area (Å²) in [7, 11) is 0. The molecule has 0 saturated heterocycles. The predicted octanol–water partition coefficient (Wildman–Crippen LogP) is 1.49. The fraction of sp³-hybridized carbons (Fsp3) is 0.417. The lowest BCUT2D eigenvalue weighted by molar-refractivity contribution is 0.0873. The number of aryl methyl sites for hydroxylation is 1. The van der Waals surface area contributed by atoms with Crippen LogP contribution in [0.3, 0.4) is 0 Å². The molecule has 0 aliphatic carbocycles. The van der Waals surface area contributed by atoms with Crippen molar-refractivity contribution >= 4 is 5.91 Å². The van der Waals surface area contributed by atoms with Crippen LogP contribution in [0.1, 0.15) is 29.8 Å². The van der Waals surface area contributed by atoms with Crippen LogP contribution in [0.5, 0.6) is 0 Å². The topological polar surface area (TPSA) is 49.3 Å². The number of hydrogen-bond donors (Lipinski definition) is 2. The van der Waals surface area contributed by atoms with Crippen LogP contribution < -0.4 is 5.32 Å². The highest BCUT2D eigenvalue weighted by Gasteiger charge is 2.14. The number of aliphatic hydroxyl groups excluding tert-OH is 1. The first-order valence-electron chi connectivity index (χ1n) is 5.07. The van der Waals surface area contributed by atoms with E-state index in [2.05, 4.69) is 5.32 Å². The van der Waals surface area contributed by atoms with E-state index in [0.717, 1.165) is 5.56 Å². The van der Waals surface area contributed by atoms with E-state index in [1.54, 1.807) is 19.9 Å². The molecule has 15 heavy (non-hydrogen) atoms. The third kappa shape index (κ3) is 3.06. The molecule has 0 aromatic heterocycles. The van der Waals surface area contributed by atoms with Gasteiger partial charge in [-0.25, -0.2) is 0 Å². The van der Waals surface area contributed by atoms with Crippen LogP contribution in [0.25, 0.3) is 0 Å². The van der Waals surface area contributed by atoms with Crippen LogP contribution in [0.4, 0.5) is 0 Å². The van der Waals surface area contributed by atoms with Gasteiger partial charge in [0.05, 0.1) is 12.1 Å². The van der Waals surface area contributed by atoms with Gasteiger partial charge in [0, 0.05) is 5.56 Å². The number of aliphatic hydroxyl groups is 1. The number of nitrogens with one attached hydrogen (secondary N) is 1. The first-order chi connectivity index (χ1) is 7.02. The quantitative estimate of drug-likeness (QED) is 0.789. The molecule has 0 spiro atoms. The second-order valence-corrected chi connectivity index (χ2v) is 3.82. The lowest BCUT2D eigenvalue weighted by atomic mass is 10.1. The molecule has 1 aromatic carbocycles. The van der Waals surface area contributed by atoms with Crippen molar-refractivity contribution in [1.29, 1.82) is 0 Å². The standard InChI is InChI=1S/C12H17NO2/c1-8-6-4-5-7-11(8)12(15)13-9(2)10(3)14/h4-7,9-10,14H,1-3H3,(H,13,15)/t9-,10?/m0/s1. The summed E-state index contributed by atoms with van der Waals surface area (Å²) in [6.45, 7) is 5.32. The van der Waals surface area contributed by atoms with E-state index in [4.69, 9.17) is 0 Å². The van der Waals surface area contributed by atoms with Crippen molar-refractivity contribution in [2.45, 2.75) is 32.9 Å². The maximum absolute atomic E-state index is 11.8. The van der Waals surface area contributed by atoms with E-state index < -0.39 is 6.10 Å². The summed E-state index contributed by atoms with van der Waals surface area (Å²) in [4.78, 5) is 11.8. The molecule has 82 valence electrons. The molecule has 1 amide bonds. The minimum atomic E-state index is -0.544. The Kier molecular flexibility index (Phi) is 3.86. The maximum Gasteiger partial charge on any atom is 0.251 e. The normalized spacial score (nSPS) is 14.4. The smallest absolute Gasteiger partial charge is 0.251 e. The number of carbonyl (C=O) groups excluding carboxylic acids is 1. The summed E-state index contributed by atoms with van der Waals surface area (Å²) >= 11 is 0. The lowest BCUT2D eigenvalue weighted by Crippen LogP contribution is -2.39. The Morgan fingerprint density at radius 3 is 2.47 bits per heavy atom. The average molecular weight is 207 g/mol. The van der Waals surface area contributed by atoms with Gasteiger partial charge >= 0.3 is 0 Å². The van der Waals surface area contributed by atoms with Crippen molar-refractivity contribution in [3.63, 3.8) is 0 Å². The Bertz CT molecular complexity index is 347. The van der Waals surface area contributed by atoms with Gasteiger partial charge in [-0.2, -0.15) is 0 Å². The molecule has 1 rings (SSSR count). The van der Waals surface area contributed by atoms with Gasteiger partial charge in [-0.3, -0.25) is 4.79 Å². The summed E-state index contributed by atoms with van der Waals surface area (Å²) in [5.41, 5.74) is 1.60. The first-order valence-corrected chi connectivity index (χ1v) is 5.07. The lowest BCUT2D eigenvalue weighted by Gasteiger charge is -2.17. The van der Waals surface area contributed by atoms with Crippen molar-refractivity contribution in [3.05, 3.63) is 35.4 Å². The Morgan fingerprint density at radius 1 is 1.33 bits per heavy atom. The van der Waals surface area contributed by atoms with Gasteiger partial charge in [0.15, 0.2) is 0 Å². The number of benzene rings is 1. The molecule has 3 heteroatoms. The molecule has 0 aliphatic rings. The fourth-order valence-electron chi connectivity index (χ4n) is 1.23. The van der Waals surface area contributed by atoms with E-state index in [0.29, 0.717) is 5.56 Å². The zero-order chi connectivity index (χ0) is 11.4. The van der Waals surface area contributed by atoms with E-state index in [1.807, 2.05) is 25.1 Å². The molecule has 0 saturated carbocycles. The van der Waals surface area contributed by atoms with Gasteiger partial charge < -0.3 is 10.4 Å². The highest BCUT2D eigenvalue weighted by atomic mass is 16.3. The maximum atomic E-state index is 11.8. The summed E-state index contributed by atoms with van der Waals surface area (Å²) in [5.74, 6) is -0.137. The average Bonchev–Trinajstić information content (AvgIpc) is 2.18. The number of rotatable bonds is 3. The van der Waals surface area contributed by atoms with Gasteiger partial charge in [-0.15, -0.1) is 0 Å². The summed E-state index contributed by atoms with van der Waals surface area (Å²) in [6, 6.07) is 7.15. The second kappa shape index (κ2) is 4.94. The minimum absolute atomic E-state index is 0.137. The number of hydrogen-bond acceptors (Lipinski definition) is 2. The van der Waals surface area contributed by atoms with Crippen LogP contribution >= 0.6 is 0 Å². The van der Waals surface area contributed by atoms with Crippen LogP contribution in [-0.4, -0.2) is 23.2 Å². The van der Waals surface area contributed by atoms with Crippen LogP contribution in [0.15, 0.2) is 24.3 Å². The van der Waals surface area contributed by atoms with Crippen molar-refractivity contribution in [1.82, 2.24) is 5.32 Å². The van der Waals surface area contributed by atoms with Crippen molar-refractivity contribution in [2.75, 3.05) is 0 Å². The zero-order valence-electron chi connectivity index (χ0n) is 9.32. The monoisotopic (exact) mass is 207 g/mol. The number of amides is 1. The minimum Gasteiger partial charge on any atom is -0.391 e. The van der Waals surface area contributed by atoms with E-state index >= 15 is 0 Å². The Morgan fingerprint density at radius 2 is 1.93 bits per heavy atom. The van der Waals surface area contributed by atoms with Crippen molar-refractivity contribution in [2.24, 2.45) is 0 Å². The Balaban J connectivity index is 2.74. The van der Waals surface area contributed by atoms with E-state index in [1.165, 1.54) is 0 Å². The molecular weight excluding hydrogens is 190 g/mol. The molecule has 1 unspecified atom stereocenters. The largest absolute Gasteiger partial charge is 0.391 e. The number of carbonyl (C=O) groups is 1. The Hall–Kier alpha value is -1.35. The Labute approximate surface area is 90.1 Å². The second-order valence-electron chi connectivity index (χ2n) is 3.82. The molecule has 0 fully saturated rings. The highest BCUT2D eigenvalue weighted by molar-refractivity contribution is 5.95. The van der Waals surface area contributed by atoms with Crippen LogP contribution in [0.2, 0.25) is 0 Å². The molecule has 1 aromatic rings. The third-order valence-electron chi connectivity index (χ3n) is 2.47. The molecule has 2 atom stereocenters. The first kappa shape index (κ1) is 11.7. The van der Waals surface area contributed by atoms with Gasteiger partial charge in [0.2, 0.25) is 0 Å². The molecular formula is C12H17NO2. The van der Waals surface area contributed by atoms with E-state index in [-0.39, 0.29) is 11.9 Å². The van der Waals surface area contributed by atoms with Gasteiger partial charge in [-0.1, -0.05) is 18.2 Å². The van der Waals surface area contributed by atoms with Crippen molar-refractivity contribution in [3.8, 4) is 0 Å². The predicted molar refractivity (Wildman–Crippen MR) is 59.8 cm³/mol. The van der Waals surface area contributed by atoms with Crippen molar-refractivity contribution < 1.29 is 9.90 Å². The molecule has 0 radical (unpaired) electrons. The molecule has 0 aliphatic heterocycles. The van der Waals surface area contributed by atoms with Gasteiger partial charge in [0.25, 0.3) is 5.91 Å². The highest BCUT2D eigenvalue weighted by Crippen LogP contribution is 2.07. The molecule has 3 nitrogen and oxygen atoms in total. The molecule has 2 N–H and O–H groups in total. The van der Waals surface area contributed by atoms with Gasteiger partial charge in [0.1, 0.15) is 0 Å². The molecule has 0 heterocycles. The summed E-state index contributed by atoms with van der Waals surface area (Å²) in [5, 5.41) is 12.0. The van der Waals surface area contributed by atoms with E-state index in [9.17, 15) is 9.90 Å². The van der Waals surface area contributed by atoms with Crippen LogP contribution in [-0.2, 0) is 0 Å². The summed E-state index contributed by atoms with van der Waals surface area (Å²) in [6.07, 6.45) is -0.544. The zero-order valence-corrected chi connectivity index (χ0v) is 9.32. The third-order valence-corrected chi connectivity index (χ3v) is 2.47. The fourth-order valence-corrected chi connectivity index (χ4v) is 1.23. The SMILES string of the molecule is Cc1ccccc1C(=O)N[C@@H](C)C(C)O. The molecule has 0 bridgehead atoms. The van der Waals surface area contributed by atoms with Gasteiger partial charge in [-0.05, 0) is 32.4 Å². The summed E-state index contributed by atoms with van der Waals surface area (Å²) < 4.78 is 0.